The van der Waals surface area contributed by atoms with Gasteiger partial charge in [0.15, 0.2) is 0 Å². The first-order valence-corrected chi connectivity index (χ1v) is 11.7. The van der Waals surface area contributed by atoms with E-state index in [0.717, 1.165) is 49.3 Å². The normalized spacial score (nSPS) is 21.9. The Hall–Kier alpha value is -1.03. The van der Waals surface area contributed by atoms with Gasteiger partial charge in [-0.2, -0.15) is 0 Å². The number of pyridine rings is 1. The van der Waals surface area contributed by atoms with Gasteiger partial charge in [0.2, 0.25) is 10.0 Å². The number of hydrogen-bond donors (Lipinski definition) is 3. The van der Waals surface area contributed by atoms with Crippen molar-refractivity contribution in [2.45, 2.75) is 48.6 Å². The average Bonchev–Trinajstić information content (AvgIpc) is 3.13. The minimum atomic E-state index is -3.62. The van der Waals surface area contributed by atoms with Crippen LogP contribution in [0.25, 0.3) is 0 Å². The molecule has 148 valence electrons. The molecule has 0 aromatic carbocycles. The Kier molecular flexibility index (Phi) is 7.24. The predicted molar refractivity (Wildman–Crippen MR) is 107 cm³/mol. The van der Waals surface area contributed by atoms with Gasteiger partial charge in [-0.15, -0.1) is 11.3 Å². The molecule has 1 atom stereocenters. The van der Waals surface area contributed by atoms with Crippen molar-refractivity contribution in [2.24, 2.45) is 5.92 Å². The van der Waals surface area contributed by atoms with Gasteiger partial charge in [0.25, 0.3) is 0 Å². The van der Waals surface area contributed by atoms with E-state index < -0.39 is 16.1 Å². The highest BCUT2D eigenvalue weighted by Crippen LogP contribution is 2.28. The Morgan fingerprint density at radius 1 is 1.22 bits per heavy atom. The molecule has 0 aliphatic heterocycles. The molecule has 6 nitrogen and oxygen atoms in total. The third-order valence-electron chi connectivity index (χ3n) is 4.91. The summed E-state index contributed by atoms with van der Waals surface area (Å²) in [6, 6.07) is 9.30. The SMILES string of the molecule is O=S(=O)(NC[C@H](O)C1CCC(NCc2ccccn2)CC1)c1ccc(Cl)s1. The summed E-state index contributed by atoms with van der Waals surface area (Å²) in [6.07, 6.45) is 4.76. The zero-order chi connectivity index (χ0) is 19.3. The lowest BCUT2D eigenvalue weighted by Crippen LogP contribution is -2.40. The van der Waals surface area contributed by atoms with Gasteiger partial charge >= 0.3 is 0 Å². The van der Waals surface area contributed by atoms with Crippen molar-refractivity contribution in [3.63, 3.8) is 0 Å². The molecular formula is C18H24ClN3O3S2. The molecule has 0 saturated heterocycles. The number of nitrogens with zero attached hydrogens (tertiary/aromatic N) is 1. The molecule has 2 heterocycles. The molecule has 1 fully saturated rings. The summed E-state index contributed by atoms with van der Waals surface area (Å²) in [7, 11) is -3.62. The number of hydrogen-bond acceptors (Lipinski definition) is 6. The summed E-state index contributed by atoms with van der Waals surface area (Å²) in [6.45, 7) is 0.760. The molecule has 0 bridgehead atoms. The quantitative estimate of drug-likeness (QED) is 0.600. The largest absolute Gasteiger partial charge is 0.391 e. The van der Waals surface area contributed by atoms with Crippen molar-refractivity contribution in [3.05, 3.63) is 46.6 Å². The highest BCUT2D eigenvalue weighted by molar-refractivity contribution is 7.91. The van der Waals surface area contributed by atoms with Crippen LogP contribution in [0.1, 0.15) is 31.4 Å². The van der Waals surface area contributed by atoms with E-state index in [-0.39, 0.29) is 16.7 Å². The van der Waals surface area contributed by atoms with Crippen LogP contribution in [-0.4, -0.2) is 37.2 Å². The molecule has 0 radical (unpaired) electrons. The first kappa shape index (κ1) is 20.7. The summed E-state index contributed by atoms with van der Waals surface area (Å²) in [5, 5.41) is 13.9. The molecule has 0 amide bonds. The van der Waals surface area contributed by atoms with Gasteiger partial charge < -0.3 is 10.4 Å². The minimum absolute atomic E-state index is 0.0224. The van der Waals surface area contributed by atoms with Crippen LogP contribution in [0.15, 0.2) is 40.7 Å². The lowest BCUT2D eigenvalue weighted by Gasteiger charge is -2.32. The summed E-state index contributed by atoms with van der Waals surface area (Å²) in [4.78, 5) is 4.31. The average molecular weight is 430 g/mol. The van der Waals surface area contributed by atoms with E-state index in [4.69, 9.17) is 11.6 Å². The summed E-state index contributed by atoms with van der Waals surface area (Å²) < 4.78 is 27.5. The van der Waals surface area contributed by atoms with Crippen LogP contribution in [0.4, 0.5) is 0 Å². The van der Waals surface area contributed by atoms with E-state index in [0.29, 0.717) is 10.4 Å². The molecule has 3 rings (SSSR count). The molecule has 2 aromatic rings. The Balaban J connectivity index is 1.41. The van der Waals surface area contributed by atoms with Crippen LogP contribution in [-0.2, 0) is 16.6 Å². The maximum Gasteiger partial charge on any atom is 0.250 e. The molecular weight excluding hydrogens is 406 g/mol. The third-order valence-corrected chi connectivity index (χ3v) is 8.06. The lowest BCUT2D eigenvalue weighted by atomic mass is 9.82. The molecule has 1 aliphatic rings. The smallest absolute Gasteiger partial charge is 0.250 e. The zero-order valence-corrected chi connectivity index (χ0v) is 17.2. The van der Waals surface area contributed by atoms with Crippen LogP contribution in [0, 0.1) is 5.92 Å². The second-order valence-corrected chi connectivity index (χ2v) is 10.5. The first-order chi connectivity index (χ1) is 12.9. The minimum Gasteiger partial charge on any atom is -0.391 e. The Bertz CT molecular complexity index is 821. The number of halogens is 1. The van der Waals surface area contributed by atoms with Crippen molar-refractivity contribution in [1.29, 1.82) is 0 Å². The molecule has 0 spiro atoms. The highest BCUT2D eigenvalue weighted by atomic mass is 35.5. The number of aromatic nitrogens is 1. The van der Waals surface area contributed by atoms with Crippen molar-refractivity contribution >= 4 is 33.0 Å². The van der Waals surface area contributed by atoms with Gasteiger partial charge in [-0.25, -0.2) is 13.1 Å². The molecule has 2 aromatic heterocycles. The van der Waals surface area contributed by atoms with Crippen molar-refractivity contribution in [2.75, 3.05) is 6.54 Å². The molecule has 1 saturated carbocycles. The van der Waals surface area contributed by atoms with Gasteiger partial charge in [-0.3, -0.25) is 4.98 Å². The molecule has 27 heavy (non-hydrogen) atoms. The van der Waals surface area contributed by atoms with Gasteiger partial charge in [0.1, 0.15) is 4.21 Å². The van der Waals surface area contributed by atoms with E-state index >= 15 is 0 Å². The van der Waals surface area contributed by atoms with Crippen molar-refractivity contribution < 1.29 is 13.5 Å². The molecule has 1 aliphatic carbocycles. The topological polar surface area (TPSA) is 91.3 Å². The Morgan fingerprint density at radius 2 is 2.00 bits per heavy atom. The molecule has 3 N–H and O–H groups in total. The van der Waals surface area contributed by atoms with E-state index in [9.17, 15) is 13.5 Å². The fourth-order valence-electron chi connectivity index (χ4n) is 3.33. The first-order valence-electron chi connectivity index (χ1n) is 9.00. The predicted octanol–water partition coefficient (Wildman–Crippen LogP) is 2.78. The Morgan fingerprint density at radius 3 is 2.63 bits per heavy atom. The monoisotopic (exact) mass is 429 g/mol. The zero-order valence-electron chi connectivity index (χ0n) is 14.8. The molecule has 9 heteroatoms. The Labute approximate surface area is 169 Å². The maximum atomic E-state index is 12.2. The summed E-state index contributed by atoms with van der Waals surface area (Å²) in [5.74, 6) is 0.104. The van der Waals surface area contributed by atoms with Crippen LogP contribution >= 0.6 is 22.9 Å². The number of thiophene rings is 1. The second-order valence-electron chi connectivity index (χ2n) is 6.79. The standard InChI is InChI=1S/C18H24ClN3O3S2/c19-17-8-9-18(26-17)27(24,25)22-12-16(23)13-4-6-14(7-5-13)21-11-15-3-1-2-10-20-15/h1-3,8-10,13-14,16,21-23H,4-7,11-12H2/t13?,14?,16-/m0/s1. The third kappa shape index (κ3) is 5.97. The summed E-state index contributed by atoms with van der Waals surface area (Å²) in [5.41, 5.74) is 1.02. The highest BCUT2D eigenvalue weighted by Gasteiger charge is 2.27. The van der Waals surface area contributed by atoms with E-state index in [1.165, 1.54) is 6.07 Å². The summed E-state index contributed by atoms with van der Waals surface area (Å²) >= 11 is 6.80. The lowest BCUT2D eigenvalue weighted by molar-refractivity contribution is 0.0819. The molecule has 0 unspecified atom stereocenters. The fourth-order valence-corrected chi connectivity index (χ4v) is 5.91. The number of rotatable bonds is 8. The van der Waals surface area contributed by atoms with Gasteiger partial charge in [-0.05, 0) is 55.9 Å². The van der Waals surface area contributed by atoms with Crippen LogP contribution in [0.2, 0.25) is 4.34 Å². The second kappa shape index (κ2) is 9.45. The van der Waals surface area contributed by atoms with E-state index in [1.807, 2.05) is 18.2 Å². The van der Waals surface area contributed by atoms with Crippen LogP contribution < -0.4 is 10.0 Å². The number of aliphatic hydroxyl groups excluding tert-OH is 1. The number of sulfonamides is 1. The van der Waals surface area contributed by atoms with Crippen molar-refractivity contribution in [1.82, 2.24) is 15.0 Å². The number of aliphatic hydroxyl groups is 1. The van der Waals surface area contributed by atoms with Crippen molar-refractivity contribution in [3.8, 4) is 0 Å². The van der Waals surface area contributed by atoms with Gasteiger partial charge in [-0.1, -0.05) is 17.7 Å². The maximum absolute atomic E-state index is 12.2. The van der Waals surface area contributed by atoms with E-state index in [1.54, 1.807) is 12.3 Å². The van der Waals surface area contributed by atoms with Gasteiger partial charge in [0.05, 0.1) is 16.1 Å². The van der Waals surface area contributed by atoms with Crippen LogP contribution in [0.5, 0.6) is 0 Å². The van der Waals surface area contributed by atoms with Crippen LogP contribution in [0.3, 0.4) is 0 Å². The van der Waals surface area contributed by atoms with Gasteiger partial charge in [0, 0.05) is 25.3 Å². The number of nitrogens with one attached hydrogen (secondary N) is 2. The van der Waals surface area contributed by atoms with E-state index in [2.05, 4.69) is 15.0 Å². The fraction of sp³-hybridized carbons (Fsp3) is 0.500.